The van der Waals surface area contributed by atoms with E-state index >= 15 is 0 Å². The first kappa shape index (κ1) is 19.6. The van der Waals surface area contributed by atoms with Gasteiger partial charge >= 0.3 is 0 Å². The van der Waals surface area contributed by atoms with E-state index in [4.69, 9.17) is 0 Å². The van der Waals surface area contributed by atoms with Crippen molar-refractivity contribution >= 4 is 21.7 Å². The standard InChI is InChI=1S/C18H26N2O4S/c1-4-19(5-2)18(22)16-10-12-20(13-11-16)25(23,24)17-8-6-15(7-9-17)14(3)21/h6-9,16H,4-5,10-13H2,1-3H3. The molecule has 6 nitrogen and oxygen atoms in total. The van der Waals surface area contributed by atoms with Crippen LogP contribution in [0.4, 0.5) is 0 Å². The lowest BCUT2D eigenvalue weighted by Crippen LogP contribution is -2.44. The predicted molar refractivity (Wildman–Crippen MR) is 95.9 cm³/mol. The predicted octanol–water partition coefficient (Wildman–Crippen LogP) is 2.16. The molecule has 2 rings (SSSR count). The fourth-order valence-corrected chi connectivity index (χ4v) is 4.62. The highest BCUT2D eigenvalue weighted by Crippen LogP contribution is 2.25. The molecule has 0 N–H and O–H groups in total. The first-order valence-electron chi connectivity index (χ1n) is 8.71. The maximum atomic E-state index is 12.7. The third-order valence-corrected chi connectivity index (χ3v) is 6.69. The molecule has 1 aromatic rings. The van der Waals surface area contributed by atoms with E-state index in [9.17, 15) is 18.0 Å². The van der Waals surface area contributed by atoms with E-state index in [0.29, 0.717) is 44.6 Å². The van der Waals surface area contributed by atoms with Gasteiger partial charge in [-0.3, -0.25) is 9.59 Å². The summed E-state index contributed by atoms with van der Waals surface area (Å²) < 4.78 is 26.9. The molecule has 1 aliphatic heterocycles. The van der Waals surface area contributed by atoms with Gasteiger partial charge in [-0.05, 0) is 45.7 Å². The van der Waals surface area contributed by atoms with Gasteiger partial charge in [-0.1, -0.05) is 12.1 Å². The van der Waals surface area contributed by atoms with E-state index < -0.39 is 10.0 Å². The first-order valence-corrected chi connectivity index (χ1v) is 10.1. The van der Waals surface area contributed by atoms with Crippen molar-refractivity contribution in [2.75, 3.05) is 26.2 Å². The van der Waals surface area contributed by atoms with Crippen LogP contribution in [0.1, 0.15) is 44.0 Å². The monoisotopic (exact) mass is 366 g/mol. The number of Topliss-reactive ketones (excluding diaryl/α,β-unsaturated/α-hetero) is 1. The Morgan fingerprint density at radius 3 is 2.04 bits per heavy atom. The van der Waals surface area contributed by atoms with Crippen LogP contribution in [0, 0.1) is 5.92 Å². The number of carbonyl (C=O) groups excluding carboxylic acids is 2. The Hall–Kier alpha value is -1.73. The molecule has 25 heavy (non-hydrogen) atoms. The topological polar surface area (TPSA) is 74.8 Å². The van der Waals surface area contributed by atoms with Crippen LogP contribution in [-0.2, 0) is 14.8 Å². The molecule has 138 valence electrons. The molecule has 0 spiro atoms. The number of hydrogen-bond acceptors (Lipinski definition) is 4. The minimum atomic E-state index is -3.59. The van der Waals surface area contributed by atoms with Crippen molar-refractivity contribution in [3.63, 3.8) is 0 Å². The summed E-state index contributed by atoms with van der Waals surface area (Å²) in [6, 6.07) is 6.01. The highest BCUT2D eigenvalue weighted by Gasteiger charge is 2.33. The maximum Gasteiger partial charge on any atom is 0.243 e. The van der Waals surface area contributed by atoms with E-state index in [2.05, 4.69) is 0 Å². The number of piperidine rings is 1. The van der Waals surface area contributed by atoms with Gasteiger partial charge in [0.1, 0.15) is 0 Å². The average Bonchev–Trinajstić information content (AvgIpc) is 2.62. The Kier molecular flexibility index (Phi) is 6.35. The van der Waals surface area contributed by atoms with Gasteiger partial charge in [0.05, 0.1) is 4.90 Å². The number of sulfonamides is 1. The molecular weight excluding hydrogens is 340 g/mol. The van der Waals surface area contributed by atoms with Crippen LogP contribution < -0.4 is 0 Å². The van der Waals surface area contributed by atoms with Gasteiger partial charge in [0, 0.05) is 37.7 Å². The first-order chi connectivity index (χ1) is 11.8. The number of ketones is 1. The molecule has 1 heterocycles. The summed E-state index contributed by atoms with van der Waals surface area (Å²) in [6.45, 7) is 7.38. The Morgan fingerprint density at radius 1 is 1.08 bits per heavy atom. The average molecular weight is 366 g/mol. The zero-order valence-electron chi connectivity index (χ0n) is 15.1. The SMILES string of the molecule is CCN(CC)C(=O)C1CCN(S(=O)(=O)c2ccc(C(C)=O)cc2)CC1. The Labute approximate surface area is 149 Å². The highest BCUT2D eigenvalue weighted by atomic mass is 32.2. The van der Waals surface area contributed by atoms with Gasteiger partial charge in [-0.2, -0.15) is 4.31 Å². The molecular formula is C18H26N2O4S. The Morgan fingerprint density at radius 2 is 1.60 bits per heavy atom. The van der Waals surface area contributed by atoms with E-state index in [1.54, 1.807) is 4.90 Å². The number of nitrogens with zero attached hydrogens (tertiary/aromatic N) is 2. The molecule has 1 amide bonds. The van der Waals surface area contributed by atoms with E-state index in [0.717, 1.165) is 0 Å². The summed E-state index contributed by atoms with van der Waals surface area (Å²) in [4.78, 5) is 25.7. The number of carbonyl (C=O) groups is 2. The lowest BCUT2D eigenvalue weighted by molar-refractivity contribution is -0.136. The van der Waals surface area contributed by atoms with Gasteiger partial charge in [0.25, 0.3) is 0 Å². The van der Waals surface area contributed by atoms with E-state index in [1.807, 2.05) is 13.8 Å². The molecule has 0 saturated carbocycles. The summed E-state index contributed by atoms with van der Waals surface area (Å²) in [5.74, 6) is -0.0843. The zero-order valence-corrected chi connectivity index (χ0v) is 15.9. The third-order valence-electron chi connectivity index (χ3n) is 4.78. The van der Waals surface area contributed by atoms with Gasteiger partial charge in [-0.15, -0.1) is 0 Å². The maximum absolute atomic E-state index is 12.7. The Bertz CT molecular complexity index is 716. The van der Waals surface area contributed by atoms with Crippen molar-refractivity contribution in [1.82, 2.24) is 9.21 Å². The summed E-state index contributed by atoms with van der Waals surface area (Å²) in [6.07, 6.45) is 1.08. The molecule has 0 aromatic heterocycles. The van der Waals surface area contributed by atoms with Crippen LogP contribution in [0.2, 0.25) is 0 Å². The normalized spacial score (nSPS) is 16.6. The van der Waals surface area contributed by atoms with Crippen molar-refractivity contribution < 1.29 is 18.0 Å². The molecule has 1 aromatic carbocycles. The van der Waals surface area contributed by atoms with Gasteiger partial charge in [-0.25, -0.2) is 8.42 Å². The lowest BCUT2D eigenvalue weighted by atomic mass is 9.96. The van der Waals surface area contributed by atoms with E-state index in [1.165, 1.54) is 35.5 Å². The minimum absolute atomic E-state index is 0.0975. The molecule has 0 aliphatic carbocycles. The smallest absolute Gasteiger partial charge is 0.243 e. The van der Waals surface area contributed by atoms with Crippen LogP contribution in [0.15, 0.2) is 29.2 Å². The number of benzene rings is 1. The van der Waals surface area contributed by atoms with Crippen molar-refractivity contribution in [3.8, 4) is 0 Å². The lowest BCUT2D eigenvalue weighted by Gasteiger charge is -2.33. The third kappa shape index (κ3) is 4.27. The summed E-state index contributed by atoms with van der Waals surface area (Å²) >= 11 is 0. The summed E-state index contributed by atoms with van der Waals surface area (Å²) in [5, 5.41) is 0. The van der Waals surface area contributed by atoms with Crippen molar-refractivity contribution in [2.24, 2.45) is 5.92 Å². The van der Waals surface area contributed by atoms with Crippen LogP contribution >= 0.6 is 0 Å². The fourth-order valence-electron chi connectivity index (χ4n) is 3.15. The van der Waals surface area contributed by atoms with Gasteiger partial charge in [0.15, 0.2) is 5.78 Å². The number of hydrogen-bond donors (Lipinski definition) is 0. The van der Waals surface area contributed by atoms with Crippen LogP contribution in [0.5, 0.6) is 0 Å². The minimum Gasteiger partial charge on any atom is -0.343 e. The summed E-state index contributed by atoms with van der Waals surface area (Å²) in [7, 11) is -3.59. The van der Waals surface area contributed by atoms with Crippen molar-refractivity contribution in [3.05, 3.63) is 29.8 Å². The highest BCUT2D eigenvalue weighted by molar-refractivity contribution is 7.89. The van der Waals surface area contributed by atoms with Crippen molar-refractivity contribution in [1.29, 1.82) is 0 Å². The molecule has 0 unspecified atom stereocenters. The number of rotatable bonds is 6. The van der Waals surface area contributed by atoms with Crippen LogP contribution in [-0.4, -0.2) is 55.5 Å². The molecule has 0 bridgehead atoms. The van der Waals surface area contributed by atoms with Crippen molar-refractivity contribution in [2.45, 2.75) is 38.5 Å². The fraction of sp³-hybridized carbons (Fsp3) is 0.556. The second-order valence-electron chi connectivity index (χ2n) is 6.27. The van der Waals surface area contributed by atoms with Crippen LogP contribution in [0.25, 0.3) is 0 Å². The molecule has 0 radical (unpaired) electrons. The Balaban J connectivity index is 2.06. The number of amides is 1. The molecule has 1 saturated heterocycles. The quantitative estimate of drug-likeness (QED) is 0.723. The molecule has 0 atom stereocenters. The van der Waals surface area contributed by atoms with E-state index in [-0.39, 0.29) is 22.5 Å². The van der Waals surface area contributed by atoms with Crippen LogP contribution in [0.3, 0.4) is 0 Å². The molecule has 7 heteroatoms. The second-order valence-corrected chi connectivity index (χ2v) is 8.21. The largest absolute Gasteiger partial charge is 0.343 e. The second kappa shape index (κ2) is 8.10. The summed E-state index contributed by atoms with van der Waals surface area (Å²) in [5.41, 5.74) is 0.488. The molecule has 1 fully saturated rings. The zero-order chi connectivity index (χ0) is 18.6. The van der Waals surface area contributed by atoms with Gasteiger partial charge in [0.2, 0.25) is 15.9 Å². The van der Waals surface area contributed by atoms with Gasteiger partial charge < -0.3 is 4.90 Å². The molecule has 1 aliphatic rings.